The van der Waals surface area contributed by atoms with Gasteiger partial charge in [0.25, 0.3) is 0 Å². The molecule has 0 aliphatic carbocycles. The molecule has 2 atom stereocenters. The van der Waals surface area contributed by atoms with E-state index in [9.17, 15) is 4.21 Å². The van der Waals surface area contributed by atoms with Crippen molar-refractivity contribution >= 4 is 39.9 Å². The van der Waals surface area contributed by atoms with Crippen molar-refractivity contribution in [3.63, 3.8) is 0 Å². The highest BCUT2D eigenvalue weighted by atomic mass is 35.5. The van der Waals surface area contributed by atoms with Crippen LogP contribution in [-0.4, -0.2) is 9.04 Å². The molecule has 0 bridgehead atoms. The SMILES string of the molecule is Cc1cccc2c1N(Cl)C(Cl)S2=O. The molecule has 0 saturated heterocycles. The summed E-state index contributed by atoms with van der Waals surface area (Å²) in [5, 5.41) is 0. The maximum atomic E-state index is 11.6. The summed E-state index contributed by atoms with van der Waals surface area (Å²) in [6, 6.07) is 5.56. The van der Waals surface area contributed by atoms with Gasteiger partial charge >= 0.3 is 0 Å². The first-order valence-corrected chi connectivity index (χ1v) is 5.71. The van der Waals surface area contributed by atoms with Crippen molar-refractivity contribution in [2.24, 2.45) is 0 Å². The lowest BCUT2D eigenvalue weighted by Gasteiger charge is -2.12. The zero-order valence-corrected chi connectivity index (χ0v) is 9.16. The number of hydrogen-bond donors (Lipinski definition) is 0. The summed E-state index contributed by atoms with van der Waals surface area (Å²) in [6.45, 7) is 1.92. The van der Waals surface area contributed by atoms with Gasteiger partial charge in [-0.15, -0.1) is 0 Å². The number of rotatable bonds is 0. The van der Waals surface area contributed by atoms with Gasteiger partial charge in [0.2, 0.25) is 0 Å². The first kappa shape index (κ1) is 9.31. The molecule has 1 aromatic carbocycles. The Morgan fingerprint density at radius 3 is 2.85 bits per heavy atom. The van der Waals surface area contributed by atoms with Crippen molar-refractivity contribution in [1.29, 1.82) is 0 Å². The number of anilines is 1. The molecule has 1 aliphatic rings. The molecule has 2 unspecified atom stereocenters. The number of aryl methyl sites for hydroxylation is 1. The molecular formula is C8H7Cl2NOS. The lowest BCUT2D eigenvalue weighted by atomic mass is 10.2. The van der Waals surface area contributed by atoms with Crippen molar-refractivity contribution in [2.75, 3.05) is 4.42 Å². The van der Waals surface area contributed by atoms with Crippen LogP contribution in [0, 0.1) is 6.92 Å². The lowest BCUT2D eigenvalue weighted by molar-refractivity contribution is 0.684. The number of nitrogens with zero attached hydrogens (tertiary/aromatic N) is 1. The summed E-state index contributed by atoms with van der Waals surface area (Å²) in [4.78, 5) is 0.0627. The van der Waals surface area contributed by atoms with Crippen LogP contribution < -0.4 is 4.42 Å². The molecule has 0 saturated carbocycles. The third-order valence-corrected chi connectivity index (χ3v) is 4.57. The second kappa shape index (κ2) is 3.15. The van der Waals surface area contributed by atoms with Gasteiger partial charge in [0.05, 0.1) is 21.4 Å². The number of fused-ring (bicyclic) bond motifs is 1. The largest absolute Gasteiger partial charge is 0.253 e. The third kappa shape index (κ3) is 1.26. The minimum atomic E-state index is -1.22. The van der Waals surface area contributed by atoms with Gasteiger partial charge < -0.3 is 0 Å². The van der Waals surface area contributed by atoms with Crippen molar-refractivity contribution < 1.29 is 4.21 Å². The second-order valence-electron chi connectivity index (χ2n) is 2.82. The molecule has 1 aromatic rings. The van der Waals surface area contributed by atoms with E-state index in [4.69, 9.17) is 23.4 Å². The number of benzene rings is 1. The summed E-state index contributed by atoms with van der Waals surface area (Å²) in [5.74, 6) is 0. The first-order valence-electron chi connectivity index (χ1n) is 3.72. The Labute approximate surface area is 89.0 Å². The second-order valence-corrected chi connectivity index (χ2v) is 5.34. The van der Waals surface area contributed by atoms with Gasteiger partial charge in [0.1, 0.15) is 0 Å². The third-order valence-electron chi connectivity index (χ3n) is 1.99. The van der Waals surface area contributed by atoms with Gasteiger partial charge in [-0.3, -0.25) is 8.63 Å². The highest BCUT2D eigenvalue weighted by Gasteiger charge is 2.34. The van der Waals surface area contributed by atoms with Gasteiger partial charge in [0.15, 0.2) is 4.83 Å². The Kier molecular flexibility index (Phi) is 2.26. The molecule has 0 spiro atoms. The molecule has 70 valence electrons. The fourth-order valence-electron chi connectivity index (χ4n) is 1.36. The van der Waals surface area contributed by atoms with E-state index in [1.807, 2.05) is 19.1 Å². The van der Waals surface area contributed by atoms with Crippen molar-refractivity contribution in [2.45, 2.75) is 16.7 Å². The molecule has 2 nitrogen and oxygen atoms in total. The fraction of sp³-hybridized carbons (Fsp3) is 0.250. The molecule has 13 heavy (non-hydrogen) atoms. The number of alkyl halides is 1. The van der Waals surface area contributed by atoms with Crippen molar-refractivity contribution in [3.05, 3.63) is 23.8 Å². The Morgan fingerprint density at radius 1 is 1.54 bits per heavy atom. The van der Waals surface area contributed by atoms with Crippen LogP contribution in [0.3, 0.4) is 0 Å². The predicted molar refractivity (Wildman–Crippen MR) is 55.6 cm³/mol. The molecular weight excluding hydrogens is 229 g/mol. The standard InChI is InChI=1S/C8H7Cl2NOS/c1-5-3-2-4-6-7(5)11(10)8(9)13(6)12/h2-4,8H,1H3. The average Bonchev–Trinajstić information content (AvgIpc) is 2.33. The van der Waals surface area contributed by atoms with Gasteiger partial charge in [-0.25, -0.2) is 0 Å². The molecule has 2 rings (SSSR count). The van der Waals surface area contributed by atoms with Gasteiger partial charge in [-0.1, -0.05) is 23.7 Å². The smallest absolute Gasteiger partial charge is 0.199 e. The van der Waals surface area contributed by atoms with E-state index in [2.05, 4.69) is 0 Å². The molecule has 5 heteroatoms. The maximum Gasteiger partial charge on any atom is 0.199 e. The predicted octanol–water partition coefficient (Wildman–Crippen LogP) is 2.60. The topological polar surface area (TPSA) is 20.3 Å². The minimum absolute atomic E-state index is 0.655. The first-order chi connectivity index (χ1) is 6.13. The van der Waals surface area contributed by atoms with Gasteiger partial charge in [-0.05, 0) is 18.6 Å². The van der Waals surface area contributed by atoms with Crippen LogP contribution in [-0.2, 0) is 10.8 Å². The van der Waals surface area contributed by atoms with Crippen LogP contribution in [0.25, 0.3) is 0 Å². The molecule has 0 amide bonds. The van der Waals surface area contributed by atoms with Crippen LogP contribution >= 0.6 is 23.4 Å². The molecule has 0 fully saturated rings. The molecule has 0 aromatic heterocycles. The van der Waals surface area contributed by atoms with E-state index >= 15 is 0 Å². The van der Waals surface area contributed by atoms with E-state index in [1.54, 1.807) is 6.07 Å². The number of hydrogen-bond acceptors (Lipinski definition) is 2. The van der Waals surface area contributed by atoms with E-state index in [-0.39, 0.29) is 0 Å². The van der Waals surface area contributed by atoms with Crippen molar-refractivity contribution in [1.82, 2.24) is 0 Å². The molecule has 1 heterocycles. The van der Waals surface area contributed by atoms with E-state index in [0.29, 0.717) is 0 Å². The van der Waals surface area contributed by atoms with E-state index in [0.717, 1.165) is 16.1 Å². The van der Waals surface area contributed by atoms with E-state index < -0.39 is 15.6 Å². The van der Waals surface area contributed by atoms with Gasteiger partial charge in [-0.2, -0.15) is 0 Å². The Bertz CT molecular complexity index is 382. The minimum Gasteiger partial charge on any atom is -0.253 e. The average molecular weight is 236 g/mol. The summed E-state index contributed by atoms with van der Waals surface area (Å²) < 4.78 is 12.9. The highest BCUT2D eigenvalue weighted by molar-refractivity contribution is 7.87. The van der Waals surface area contributed by atoms with Crippen LogP contribution in [0.5, 0.6) is 0 Å². The molecule has 1 aliphatic heterocycles. The zero-order valence-electron chi connectivity index (χ0n) is 6.83. The summed E-state index contributed by atoms with van der Waals surface area (Å²) in [6.07, 6.45) is 0. The Balaban J connectivity index is 2.66. The Morgan fingerprint density at radius 2 is 2.23 bits per heavy atom. The summed E-state index contributed by atoms with van der Waals surface area (Å²) in [7, 11) is -1.22. The van der Waals surface area contributed by atoms with Crippen LogP contribution in [0.2, 0.25) is 0 Å². The molecule has 0 N–H and O–H groups in total. The lowest BCUT2D eigenvalue weighted by Crippen LogP contribution is -2.17. The zero-order chi connectivity index (χ0) is 9.59. The fourth-order valence-corrected chi connectivity index (χ4v) is 3.38. The van der Waals surface area contributed by atoms with Crippen LogP contribution in [0.1, 0.15) is 5.56 Å². The number of halogens is 2. The van der Waals surface area contributed by atoms with Crippen molar-refractivity contribution in [3.8, 4) is 0 Å². The Hall–Kier alpha value is -0.250. The number of para-hydroxylation sites is 1. The van der Waals surface area contributed by atoms with E-state index in [1.165, 1.54) is 4.42 Å². The maximum absolute atomic E-state index is 11.6. The monoisotopic (exact) mass is 235 g/mol. The van der Waals surface area contributed by atoms with Crippen LogP contribution in [0.4, 0.5) is 5.69 Å². The highest BCUT2D eigenvalue weighted by Crippen LogP contribution is 2.40. The summed E-state index contributed by atoms with van der Waals surface area (Å²) in [5.41, 5.74) is 1.77. The van der Waals surface area contributed by atoms with Crippen LogP contribution in [0.15, 0.2) is 23.1 Å². The summed E-state index contributed by atoms with van der Waals surface area (Å²) >= 11 is 11.7. The molecule has 0 radical (unpaired) electrons. The van der Waals surface area contributed by atoms with Gasteiger partial charge in [0, 0.05) is 11.8 Å². The normalized spacial score (nSPS) is 26.2. The quantitative estimate of drug-likeness (QED) is 0.392.